The van der Waals surface area contributed by atoms with Crippen LogP contribution in [0.15, 0.2) is 36.4 Å². The van der Waals surface area contributed by atoms with Crippen LogP contribution in [0.2, 0.25) is 0 Å². The van der Waals surface area contributed by atoms with Gasteiger partial charge in [-0.1, -0.05) is 24.3 Å². The number of piperidine rings is 1. The van der Waals surface area contributed by atoms with E-state index in [2.05, 4.69) is 4.98 Å². The molecule has 3 heterocycles. The predicted molar refractivity (Wildman–Crippen MR) is 102 cm³/mol. The number of hydrogen-bond donors (Lipinski definition) is 1. The number of rotatable bonds is 3. The van der Waals surface area contributed by atoms with Gasteiger partial charge in [0.05, 0.1) is 18.4 Å². The smallest absolute Gasteiger partial charge is 0.272 e. The first kappa shape index (κ1) is 18.3. The second-order valence-corrected chi connectivity index (χ2v) is 9.66. The van der Waals surface area contributed by atoms with Crippen LogP contribution in [0.5, 0.6) is 0 Å². The molecule has 144 valence electrons. The number of amides is 1. The number of benzene rings is 1. The Balaban J connectivity index is 1.59. The van der Waals surface area contributed by atoms with Crippen molar-refractivity contribution in [1.82, 2.24) is 14.2 Å². The van der Waals surface area contributed by atoms with E-state index in [1.807, 2.05) is 30.3 Å². The number of hydrogen-bond acceptors (Lipinski definition) is 5. The number of aliphatic hydroxyl groups is 1. The lowest BCUT2D eigenvalue weighted by molar-refractivity contribution is 0.0126. The van der Waals surface area contributed by atoms with E-state index in [0.717, 1.165) is 10.9 Å². The van der Waals surface area contributed by atoms with E-state index in [0.29, 0.717) is 31.7 Å². The zero-order chi connectivity index (χ0) is 19.2. The fourth-order valence-electron chi connectivity index (χ4n) is 4.33. The Labute approximate surface area is 158 Å². The van der Waals surface area contributed by atoms with Gasteiger partial charge in [-0.2, -0.15) is 0 Å². The van der Waals surface area contributed by atoms with E-state index in [-0.39, 0.29) is 25.0 Å². The molecule has 2 fully saturated rings. The highest BCUT2D eigenvalue weighted by Crippen LogP contribution is 2.42. The van der Waals surface area contributed by atoms with Gasteiger partial charge in [0.2, 0.25) is 10.0 Å². The van der Waals surface area contributed by atoms with Gasteiger partial charge in [0.25, 0.3) is 5.91 Å². The van der Waals surface area contributed by atoms with Gasteiger partial charge in [-0.25, -0.2) is 17.7 Å². The quantitative estimate of drug-likeness (QED) is 0.844. The molecule has 2 aromatic rings. The first-order chi connectivity index (χ1) is 12.8. The molecule has 4 rings (SSSR count). The number of carbonyl (C=O) groups is 1. The summed E-state index contributed by atoms with van der Waals surface area (Å²) in [5.74, 6) is -0.115. The lowest BCUT2D eigenvalue weighted by Crippen LogP contribution is -2.52. The molecule has 2 aliphatic rings. The van der Waals surface area contributed by atoms with Gasteiger partial charge < -0.3 is 10.0 Å². The van der Waals surface area contributed by atoms with Crippen molar-refractivity contribution in [3.05, 3.63) is 42.1 Å². The lowest BCUT2D eigenvalue weighted by atomic mass is 9.74. The third-order valence-electron chi connectivity index (χ3n) is 5.92. The Morgan fingerprint density at radius 2 is 2.04 bits per heavy atom. The van der Waals surface area contributed by atoms with Crippen LogP contribution in [0, 0.1) is 11.3 Å². The molecule has 1 amide bonds. The molecule has 0 spiro atoms. The molecule has 1 aromatic heterocycles. The number of para-hydroxylation sites is 1. The van der Waals surface area contributed by atoms with E-state index in [1.54, 1.807) is 11.0 Å². The van der Waals surface area contributed by atoms with Gasteiger partial charge in [-0.15, -0.1) is 0 Å². The molecule has 2 atom stereocenters. The topological polar surface area (TPSA) is 90.8 Å². The Morgan fingerprint density at radius 3 is 2.78 bits per heavy atom. The summed E-state index contributed by atoms with van der Waals surface area (Å²) in [4.78, 5) is 19.2. The minimum Gasteiger partial charge on any atom is -0.396 e. The minimum atomic E-state index is -3.32. The first-order valence-corrected chi connectivity index (χ1v) is 10.9. The Hall–Kier alpha value is -2.03. The Kier molecular flexibility index (Phi) is 4.44. The summed E-state index contributed by atoms with van der Waals surface area (Å²) in [7, 11) is -3.32. The van der Waals surface area contributed by atoms with E-state index in [1.165, 1.54) is 10.6 Å². The average molecular weight is 389 g/mol. The highest BCUT2D eigenvalue weighted by Gasteiger charge is 2.52. The molecular formula is C19H23N3O4S. The summed E-state index contributed by atoms with van der Waals surface area (Å²) in [5, 5.41) is 11.0. The van der Waals surface area contributed by atoms with Gasteiger partial charge in [0.1, 0.15) is 5.69 Å². The minimum absolute atomic E-state index is 0.0610. The molecule has 0 radical (unpaired) electrons. The second-order valence-electron chi connectivity index (χ2n) is 7.68. The third kappa shape index (κ3) is 3.22. The molecule has 0 bridgehead atoms. The molecule has 2 saturated heterocycles. The molecule has 1 aromatic carbocycles. The first-order valence-electron chi connectivity index (χ1n) is 9.03. The van der Waals surface area contributed by atoms with Crippen molar-refractivity contribution in [3.63, 3.8) is 0 Å². The van der Waals surface area contributed by atoms with E-state index in [9.17, 15) is 18.3 Å². The molecule has 2 aliphatic heterocycles. The maximum atomic E-state index is 13.0. The zero-order valence-electron chi connectivity index (χ0n) is 15.2. The van der Waals surface area contributed by atoms with Crippen molar-refractivity contribution >= 4 is 26.8 Å². The van der Waals surface area contributed by atoms with Crippen molar-refractivity contribution in [2.24, 2.45) is 11.3 Å². The molecular weight excluding hydrogens is 366 g/mol. The number of pyridine rings is 1. The number of aliphatic hydroxyl groups excluding tert-OH is 1. The average Bonchev–Trinajstić information content (AvgIpc) is 3.07. The van der Waals surface area contributed by atoms with Gasteiger partial charge in [0, 0.05) is 37.0 Å². The van der Waals surface area contributed by atoms with E-state index in [4.69, 9.17) is 0 Å². The highest BCUT2D eigenvalue weighted by atomic mass is 32.2. The summed E-state index contributed by atoms with van der Waals surface area (Å²) in [6.07, 6.45) is 1.86. The van der Waals surface area contributed by atoms with Crippen molar-refractivity contribution in [3.8, 4) is 0 Å². The standard InChI is InChI=1S/C19H23N3O4S/c1-27(25,26)22-10-15-8-9-21(11-19(15,12-22)13-23)18(24)17-7-6-14-4-2-3-5-16(14)20-17/h2-7,15,23H,8-13H2,1H3/t15-,19+/m1/s1. The third-order valence-corrected chi connectivity index (χ3v) is 7.14. The normalized spacial score (nSPS) is 26.3. The zero-order valence-corrected chi connectivity index (χ0v) is 16.0. The Morgan fingerprint density at radius 1 is 1.26 bits per heavy atom. The van der Waals surface area contributed by atoms with Gasteiger partial charge in [-0.3, -0.25) is 4.79 Å². The van der Waals surface area contributed by atoms with E-state index < -0.39 is 15.4 Å². The summed E-state index contributed by atoms with van der Waals surface area (Å²) in [6.45, 7) is 1.40. The lowest BCUT2D eigenvalue weighted by Gasteiger charge is -2.43. The van der Waals surface area contributed by atoms with Crippen LogP contribution in [-0.4, -0.2) is 72.7 Å². The van der Waals surface area contributed by atoms with Crippen molar-refractivity contribution < 1.29 is 18.3 Å². The molecule has 1 N–H and O–H groups in total. The van der Waals surface area contributed by atoms with Crippen molar-refractivity contribution in [1.29, 1.82) is 0 Å². The molecule has 0 aliphatic carbocycles. The second kappa shape index (κ2) is 6.54. The summed E-state index contributed by atoms with van der Waals surface area (Å²) in [5.41, 5.74) is 0.533. The van der Waals surface area contributed by atoms with Crippen LogP contribution >= 0.6 is 0 Å². The predicted octanol–water partition coefficient (Wildman–Crippen LogP) is 0.951. The highest BCUT2D eigenvalue weighted by molar-refractivity contribution is 7.88. The summed E-state index contributed by atoms with van der Waals surface area (Å²) < 4.78 is 25.3. The fraction of sp³-hybridized carbons (Fsp3) is 0.474. The number of likely N-dealkylation sites (tertiary alicyclic amines) is 1. The molecule has 8 heteroatoms. The van der Waals surface area contributed by atoms with Crippen LogP contribution in [0.3, 0.4) is 0 Å². The molecule has 0 unspecified atom stereocenters. The monoisotopic (exact) mass is 389 g/mol. The van der Waals surface area contributed by atoms with Crippen LogP contribution in [0.4, 0.5) is 0 Å². The molecule has 7 nitrogen and oxygen atoms in total. The van der Waals surface area contributed by atoms with Crippen LogP contribution in [-0.2, 0) is 10.0 Å². The van der Waals surface area contributed by atoms with E-state index >= 15 is 0 Å². The SMILES string of the molecule is CS(=O)(=O)N1C[C@H]2CCN(C(=O)c3ccc4ccccc4n3)C[C@@]2(CO)C1. The number of carbonyl (C=O) groups excluding carboxylic acids is 1. The summed E-state index contributed by atoms with van der Waals surface area (Å²) >= 11 is 0. The summed E-state index contributed by atoms with van der Waals surface area (Å²) in [6, 6.07) is 11.2. The van der Waals surface area contributed by atoms with Gasteiger partial charge >= 0.3 is 0 Å². The number of nitrogens with zero attached hydrogens (tertiary/aromatic N) is 3. The maximum Gasteiger partial charge on any atom is 0.272 e. The number of sulfonamides is 1. The van der Waals surface area contributed by atoms with Crippen molar-refractivity contribution in [2.75, 3.05) is 39.0 Å². The molecule has 27 heavy (non-hydrogen) atoms. The van der Waals surface area contributed by atoms with Crippen LogP contribution in [0.1, 0.15) is 16.9 Å². The van der Waals surface area contributed by atoms with Gasteiger partial charge in [-0.05, 0) is 24.5 Å². The maximum absolute atomic E-state index is 13.0. The fourth-order valence-corrected chi connectivity index (χ4v) is 5.28. The number of aromatic nitrogens is 1. The van der Waals surface area contributed by atoms with Crippen LogP contribution < -0.4 is 0 Å². The Bertz CT molecular complexity index is 993. The van der Waals surface area contributed by atoms with Crippen molar-refractivity contribution in [2.45, 2.75) is 6.42 Å². The largest absolute Gasteiger partial charge is 0.396 e. The molecule has 0 saturated carbocycles. The number of fused-ring (bicyclic) bond motifs is 2. The van der Waals surface area contributed by atoms with Gasteiger partial charge in [0.15, 0.2) is 0 Å². The van der Waals surface area contributed by atoms with Crippen LogP contribution in [0.25, 0.3) is 10.9 Å².